The third kappa shape index (κ3) is 1.33. The summed E-state index contributed by atoms with van der Waals surface area (Å²) in [6.45, 7) is 1.74. The van der Waals surface area contributed by atoms with Crippen LogP contribution in [0.1, 0.15) is 46.7 Å². The van der Waals surface area contributed by atoms with Crippen molar-refractivity contribution in [2.24, 2.45) is 5.92 Å². The van der Waals surface area contributed by atoms with Gasteiger partial charge in [-0.05, 0) is 37.3 Å². The SMILES string of the molecule is Cc1cc2c(cc1[N+](=O)[O-])C(=O)C1CCCC21. The molecule has 3 rings (SSSR count). The molecule has 2 aliphatic rings. The number of benzene rings is 1. The summed E-state index contributed by atoms with van der Waals surface area (Å²) in [4.78, 5) is 22.6. The predicted octanol–water partition coefficient (Wildman–Crippen LogP) is 2.98. The second-order valence-electron chi connectivity index (χ2n) is 4.99. The van der Waals surface area contributed by atoms with Crippen molar-refractivity contribution in [1.82, 2.24) is 0 Å². The molecular formula is C13H13NO3. The van der Waals surface area contributed by atoms with Crippen molar-refractivity contribution in [3.63, 3.8) is 0 Å². The maximum Gasteiger partial charge on any atom is 0.273 e. The van der Waals surface area contributed by atoms with Crippen LogP contribution in [0.4, 0.5) is 5.69 Å². The van der Waals surface area contributed by atoms with Crippen LogP contribution in [0, 0.1) is 23.0 Å². The van der Waals surface area contributed by atoms with E-state index in [1.165, 1.54) is 6.07 Å². The van der Waals surface area contributed by atoms with Gasteiger partial charge >= 0.3 is 0 Å². The average Bonchev–Trinajstić information content (AvgIpc) is 2.83. The lowest BCUT2D eigenvalue weighted by molar-refractivity contribution is -0.385. The summed E-state index contributed by atoms with van der Waals surface area (Å²) in [5.74, 6) is 0.522. The summed E-state index contributed by atoms with van der Waals surface area (Å²) >= 11 is 0. The quantitative estimate of drug-likeness (QED) is 0.551. The molecule has 4 nitrogen and oxygen atoms in total. The van der Waals surface area contributed by atoms with E-state index in [0.29, 0.717) is 17.0 Å². The van der Waals surface area contributed by atoms with E-state index in [4.69, 9.17) is 0 Å². The minimum absolute atomic E-state index is 0.0667. The zero-order chi connectivity index (χ0) is 12.2. The molecule has 0 aliphatic heterocycles. The van der Waals surface area contributed by atoms with Gasteiger partial charge in [-0.25, -0.2) is 0 Å². The van der Waals surface area contributed by atoms with Gasteiger partial charge in [0.15, 0.2) is 5.78 Å². The van der Waals surface area contributed by atoms with Gasteiger partial charge in [-0.15, -0.1) is 0 Å². The Kier molecular flexibility index (Phi) is 2.08. The normalized spacial score (nSPS) is 25.8. The van der Waals surface area contributed by atoms with Crippen LogP contribution in [-0.4, -0.2) is 10.7 Å². The first-order chi connectivity index (χ1) is 8.09. The molecule has 2 atom stereocenters. The Morgan fingerprint density at radius 2 is 2.00 bits per heavy atom. The molecule has 0 spiro atoms. The van der Waals surface area contributed by atoms with E-state index < -0.39 is 4.92 Å². The van der Waals surface area contributed by atoms with E-state index in [1.807, 2.05) is 6.07 Å². The number of carbonyl (C=O) groups excluding carboxylic acids is 1. The standard InChI is InChI=1S/C13H13NO3/c1-7-5-10-8-3-2-4-9(8)13(15)11(10)6-12(7)14(16)17/h5-6,8-9H,2-4H2,1H3. The van der Waals surface area contributed by atoms with Crippen LogP contribution in [0.25, 0.3) is 0 Å². The fraction of sp³-hybridized carbons (Fsp3) is 0.462. The molecule has 2 aliphatic carbocycles. The van der Waals surface area contributed by atoms with Gasteiger partial charge < -0.3 is 0 Å². The lowest BCUT2D eigenvalue weighted by Gasteiger charge is -2.08. The van der Waals surface area contributed by atoms with Crippen LogP contribution >= 0.6 is 0 Å². The van der Waals surface area contributed by atoms with Crippen LogP contribution < -0.4 is 0 Å². The lowest BCUT2D eigenvalue weighted by Crippen LogP contribution is -2.06. The molecule has 4 heteroatoms. The first-order valence-electron chi connectivity index (χ1n) is 5.92. The van der Waals surface area contributed by atoms with Gasteiger partial charge in [-0.2, -0.15) is 0 Å². The number of hydrogen-bond acceptors (Lipinski definition) is 3. The van der Waals surface area contributed by atoms with Crippen LogP contribution in [0.2, 0.25) is 0 Å². The molecule has 0 saturated heterocycles. The number of nitro benzene ring substituents is 1. The number of ketones is 1. The molecule has 0 aromatic heterocycles. The summed E-state index contributed by atoms with van der Waals surface area (Å²) in [6, 6.07) is 3.33. The fourth-order valence-electron chi connectivity index (χ4n) is 3.28. The second kappa shape index (κ2) is 3.39. The highest BCUT2D eigenvalue weighted by atomic mass is 16.6. The summed E-state index contributed by atoms with van der Waals surface area (Å²) in [5.41, 5.74) is 2.36. The Balaban J connectivity index is 2.18. The summed E-state index contributed by atoms with van der Waals surface area (Å²) in [5, 5.41) is 10.9. The maximum absolute atomic E-state index is 12.1. The number of nitro groups is 1. The van der Waals surface area contributed by atoms with Gasteiger partial charge in [-0.3, -0.25) is 14.9 Å². The number of fused-ring (bicyclic) bond motifs is 3. The lowest BCUT2D eigenvalue weighted by atomic mass is 9.95. The Labute approximate surface area is 98.8 Å². The number of carbonyl (C=O) groups is 1. The van der Waals surface area contributed by atoms with E-state index in [0.717, 1.165) is 24.8 Å². The van der Waals surface area contributed by atoms with Crippen molar-refractivity contribution >= 4 is 11.5 Å². The Bertz CT molecular complexity index is 536. The second-order valence-corrected chi connectivity index (χ2v) is 4.99. The van der Waals surface area contributed by atoms with Crippen molar-refractivity contribution in [3.8, 4) is 0 Å². The summed E-state index contributed by atoms with van der Waals surface area (Å²) < 4.78 is 0. The van der Waals surface area contributed by atoms with Crippen molar-refractivity contribution < 1.29 is 9.72 Å². The third-order valence-electron chi connectivity index (χ3n) is 4.08. The van der Waals surface area contributed by atoms with Crippen LogP contribution in [-0.2, 0) is 0 Å². The Morgan fingerprint density at radius 1 is 1.29 bits per heavy atom. The molecule has 17 heavy (non-hydrogen) atoms. The molecule has 0 N–H and O–H groups in total. The highest BCUT2D eigenvalue weighted by Crippen LogP contribution is 2.49. The molecule has 0 radical (unpaired) electrons. The first-order valence-corrected chi connectivity index (χ1v) is 5.92. The van der Waals surface area contributed by atoms with Crippen molar-refractivity contribution in [3.05, 3.63) is 38.9 Å². The zero-order valence-corrected chi connectivity index (χ0v) is 9.60. The van der Waals surface area contributed by atoms with E-state index in [1.54, 1.807) is 6.92 Å². The molecule has 0 amide bonds. The molecule has 0 bridgehead atoms. The summed E-state index contributed by atoms with van der Waals surface area (Å²) in [6.07, 6.45) is 3.07. The van der Waals surface area contributed by atoms with Crippen molar-refractivity contribution in [1.29, 1.82) is 0 Å². The van der Waals surface area contributed by atoms with Crippen molar-refractivity contribution in [2.75, 3.05) is 0 Å². The zero-order valence-electron chi connectivity index (χ0n) is 9.60. The van der Waals surface area contributed by atoms with Gasteiger partial charge in [-0.1, -0.05) is 6.42 Å². The highest BCUT2D eigenvalue weighted by Gasteiger charge is 2.43. The van der Waals surface area contributed by atoms with Gasteiger partial charge in [0.05, 0.1) is 4.92 Å². The monoisotopic (exact) mass is 231 g/mol. The van der Waals surface area contributed by atoms with E-state index in [-0.39, 0.29) is 17.4 Å². The molecule has 88 valence electrons. The smallest absolute Gasteiger partial charge is 0.273 e. The van der Waals surface area contributed by atoms with E-state index in [9.17, 15) is 14.9 Å². The van der Waals surface area contributed by atoms with Crippen LogP contribution in [0.15, 0.2) is 12.1 Å². The molecule has 1 aromatic rings. The largest absolute Gasteiger partial charge is 0.294 e. The minimum Gasteiger partial charge on any atom is -0.294 e. The molecular weight excluding hydrogens is 218 g/mol. The van der Waals surface area contributed by atoms with Crippen LogP contribution in [0.5, 0.6) is 0 Å². The van der Waals surface area contributed by atoms with E-state index in [2.05, 4.69) is 0 Å². The molecule has 1 saturated carbocycles. The number of nitrogens with zero attached hydrogens (tertiary/aromatic N) is 1. The summed E-state index contributed by atoms with van der Waals surface area (Å²) in [7, 11) is 0. The topological polar surface area (TPSA) is 60.2 Å². The number of Topliss-reactive ketones (excluding diaryl/α,β-unsaturated/α-hetero) is 1. The average molecular weight is 231 g/mol. The number of aryl methyl sites for hydroxylation is 1. The third-order valence-corrected chi connectivity index (χ3v) is 4.08. The van der Waals surface area contributed by atoms with Gasteiger partial charge in [0.2, 0.25) is 0 Å². The Hall–Kier alpha value is -1.71. The first kappa shape index (κ1) is 10.4. The molecule has 0 heterocycles. The fourth-order valence-corrected chi connectivity index (χ4v) is 3.28. The van der Waals surface area contributed by atoms with Gasteiger partial charge in [0.1, 0.15) is 0 Å². The molecule has 2 unspecified atom stereocenters. The van der Waals surface area contributed by atoms with E-state index >= 15 is 0 Å². The minimum atomic E-state index is -0.406. The van der Waals surface area contributed by atoms with Gasteiger partial charge in [0.25, 0.3) is 5.69 Å². The number of hydrogen-bond donors (Lipinski definition) is 0. The molecule has 1 fully saturated rings. The predicted molar refractivity (Wildman–Crippen MR) is 62.2 cm³/mol. The van der Waals surface area contributed by atoms with Gasteiger partial charge in [0, 0.05) is 23.1 Å². The highest BCUT2D eigenvalue weighted by molar-refractivity contribution is 6.04. The van der Waals surface area contributed by atoms with Crippen molar-refractivity contribution in [2.45, 2.75) is 32.1 Å². The van der Waals surface area contributed by atoms with Crippen LogP contribution in [0.3, 0.4) is 0 Å². The molecule has 1 aromatic carbocycles. The Morgan fingerprint density at radius 3 is 2.71 bits per heavy atom. The number of rotatable bonds is 1. The maximum atomic E-state index is 12.1.